The van der Waals surface area contributed by atoms with Crippen LogP contribution in [0, 0.1) is 15.5 Å². The number of halogens is 1. The van der Waals surface area contributed by atoms with E-state index >= 15 is 0 Å². The molecule has 0 aliphatic carbocycles. The number of nitrogens with two attached hydrogens (primary N) is 1. The summed E-state index contributed by atoms with van der Waals surface area (Å²) >= 11 is 0. The average Bonchev–Trinajstić information content (AvgIpc) is 2.36. The van der Waals surface area contributed by atoms with Crippen molar-refractivity contribution in [2.24, 2.45) is 11.1 Å². The summed E-state index contributed by atoms with van der Waals surface area (Å²) in [6.45, 7) is 3.19. The van der Waals surface area contributed by atoms with Crippen molar-refractivity contribution in [3.8, 4) is 0 Å². The number of methoxy groups -OCH3 is 1. The first kappa shape index (κ1) is 17.3. The van der Waals surface area contributed by atoms with Gasteiger partial charge in [0.15, 0.2) is 0 Å². The van der Waals surface area contributed by atoms with Crippen molar-refractivity contribution < 1.29 is 14.5 Å². The van der Waals surface area contributed by atoms with Gasteiger partial charge in [-0.3, -0.25) is 14.9 Å². The molecule has 0 aliphatic rings. The van der Waals surface area contributed by atoms with E-state index in [2.05, 4.69) is 4.74 Å². The summed E-state index contributed by atoms with van der Waals surface area (Å²) in [6.07, 6.45) is 0. The fourth-order valence-electron chi connectivity index (χ4n) is 1.70. The minimum Gasteiger partial charge on any atom is -0.469 e. The van der Waals surface area contributed by atoms with Crippen LogP contribution in [-0.2, 0) is 9.53 Å². The van der Waals surface area contributed by atoms with Gasteiger partial charge in [-0.05, 0) is 13.8 Å². The van der Waals surface area contributed by atoms with E-state index in [0.717, 1.165) is 0 Å². The second-order valence-corrected chi connectivity index (χ2v) is 4.51. The topological polar surface area (TPSA) is 95.5 Å². The van der Waals surface area contributed by atoms with Gasteiger partial charge in [0.1, 0.15) is 0 Å². The Balaban J connectivity index is 0.00000324. The lowest BCUT2D eigenvalue weighted by atomic mass is 9.80. The van der Waals surface area contributed by atoms with E-state index in [1.54, 1.807) is 32.0 Å². The minimum atomic E-state index is -1.04. The SMILES string of the molecule is COC(=O)C(C)(C)[C@H](N)c1ccccc1[N+](=O)[O-].Cl. The maximum absolute atomic E-state index is 11.7. The summed E-state index contributed by atoms with van der Waals surface area (Å²) in [5, 5.41) is 10.9. The lowest BCUT2D eigenvalue weighted by Gasteiger charge is -2.28. The molecule has 0 heterocycles. The van der Waals surface area contributed by atoms with Gasteiger partial charge in [0.25, 0.3) is 5.69 Å². The number of hydrogen-bond donors (Lipinski definition) is 1. The van der Waals surface area contributed by atoms with Crippen LogP contribution in [0.15, 0.2) is 24.3 Å². The molecule has 0 aliphatic heterocycles. The summed E-state index contributed by atoms with van der Waals surface area (Å²) in [7, 11) is 1.26. The predicted octanol–water partition coefficient (Wildman–Crippen LogP) is 2.22. The highest BCUT2D eigenvalue weighted by atomic mass is 35.5. The quantitative estimate of drug-likeness (QED) is 0.520. The van der Waals surface area contributed by atoms with E-state index in [1.165, 1.54) is 13.2 Å². The maximum atomic E-state index is 11.7. The van der Waals surface area contributed by atoms with Crippen molar-refractivity contribution in [1.29, 1.82) is 0 Å². The van der Waals surface area contributed by atoms with Crippen LogP contribution >= 0.6 is 12.4 Å². The van der Waals surface area contributed by atoms with Crippen LogP contribution in [0.3, 0.4) is 0 Å². The van der Waals surface area contributed by atoms with Crippen LogP contribution in [0.2, 0.25) is 0 Å². The first-order valence-electron chi connectivity index (χ1n) is 5.39. The van der Waals surface area contributed by atoms with Gasteiger partial charge in [-0.15, -0.1) is 12.4 Å². The van der Waals surface area contributed by atoms with Gasteiger partial charge in [0.05, 0.1) is 23.5 Å². The first-order chi connectivity index (χ1) is 8.32. The monoisotopic (exact) mass is 288 g/mol. The Morgan fingerprint density at radius 2 is 1.95 bits per heavy atom. The Morgan fingerprint density at radius 3 is 2.42 bits per heavy atom. The molecule has 1 aromatic carbocycles. The number of benzene rings is 1. The number of rotatable bonds is 4. The number of para-hydroxylation sites is 1. The van der Waals surface area contributed by atoms with Gasteiger partial charge in [-0.1, -0.05) is 18.2 Å². The number of nitrogens with zero attached hydrogens (tertiary/aromatic N) is 1. The number of nitro benzene ring substituents is 1. The fraction of sp³-hybridized carbons (Fsp3) is 0.417. The van der Waals surface area contributed by atoms with Gasteiger partial charge in [-0.2, -0.15) is 0 Å². The van der Waals surface area contributed by atoms with Crippen molar-refractivity contribution in [3.63, 3.8) is 0 Å². The van der Waals surface area contributed by atoms with Crippen molar-refractivity contribution in [1.82, 2.24) is 0 Å². The fourth-order valence-corrected chi connectivity index (χ4v) is 1.70. The number of nitro groups is 1. The normalized spacial score (nSPS) is 12.2. The van der Waals surface area contributed by atoms with E-state index in [0.29, 0.717) is 5.56 Å². The molecule has 7 heteroatoms. The van der Waals surface area contributed by atoms with Crippen molar-refractivity contribution >= 4 is 24.1 Å². The van der Waals surface area contributed by atoms with Crippen LogP contribution in [0.1, 0.15) is 25.5 Å². The Hall–Kier alpha value is -1.66. The average molecular weight is 289 g/mol. The Kier molecular flexibility index (Phi) is 5.92. The van der Waals surface area contributed by atoms with E-state index in [9.17, 15) is 14.9 Å². The van der Waals surface area contributed by atoms with Crippen LogP contribution in [0.5, 0.6) is 0 Å². The predicted molar refractivity (Wildman–Crippen MR) is 73.1 cm³/mol. The molecule has 0 bridgehead atoms. The largest absolute Gasteiger partial charge is 0.469 e. The second kappa shape index (κ2) is 6.49. The lowest BCUT2D eigenvalue weighted by molar-refractivity contribution is -0.385. The highest BCUT2D eigenvalue weighted by Crippen LogP contribution is 2.36. The Morgan fingerprint density at radius 1 is 1.42 bits per heavy atom. The third-order valence-corrected chi connectivity index (χ3v) is 2.96. The number of esters is 1. The molecule has 1 rings (SSSR count). The van der Waals surface area contributed by atoms with Crippen molar-refractivity contribution in [2.45, 2.75) is 19.9 Å². The molecule has 0 fully saturated rings. The summed E-state index contributed by atoms with van der Waals surface area (Å²) in [5.74, 6) is -0.506. The molecular formula is C12H17ClN2O4. The van der Waals surface area contributed by atoms with Crippen LogP contribution < -0.4 is 5.73 Å². The molecule has 0 saturated carbocycles. The maximum Gasteiger partial charge on any atom is 0.313 e. The van der Waals surface area contributed by atoms with Crippen molar-refractivity contribution in [2.75, 3.05) is 7.11 Å². The smallest absolute Gasteiger partial charge is 0.313 e. The molecule has 106 valence electrons. The number of carbonyl (C=O) groups is 1. The van der Waals surface area contributed by atoms with Crippen molar-refractivity contribution in [3.05, 3.63) is 39.9 Å². The lowest BCUT2D eigenvalue weighted by Crippen LogP contribution is -2.37. The molecule has 0 radical (unpaired) electrons. The van der Waals surface area contributed by atoms with E-state index in [1.807, 2.05) is 0 Å². The molecular weight excluding hydrogens is 272 g/mol. The van der Waals surface area contributed by atoms with Gasteiger partial charge in [-0.25, -0.2) is 0 Å². The van der Waals surface area contributed by atoms with Gasteiger partial charge in [0, 0.05) is 11.6 Å². The third kappa shape index (κ3) is 3.42. The molecule has 0 aromatic heterocycles. The Labute approximate surface area is 117 Å². The van der Waals surface area contributed by atoms with Crippen LogP contribution in [-0.4, -0.2) is 18.0 Å². The number of carbonyl (C=O) groups excluding carboxylic acids is 1. The third-order valence-electron chi connectivity index (χ3n) is 2.96. The minimum absolute atomic E-state index is 0. The molecule has 1 aromatic rings. The molecule has 0 amide bonds. The standard InChI is InChI=1S/C12H16N2O4.ClH/c1-12(2,11(15)18-3)10(13)8-6-4-5-7-9(8)14(16)17;/h4-7,10H,13H2,1-3H3;1H/t10-;/m1./s1. The van der Waals surface area contributed by atoms with Gasteiger partial charge >= 0.3 is 5.97 Å². The highest BCUT2D eigenvalue weighted by molar-refractivity contribution is 5.85. The zero-order chi connectivity index (χ0) is 13.9. The van der Waals surface area contributed by atoms with Gasteiger partial charge < -0.3 is 10.5 Å². The van der Waals surface area contributed by atoms with E-state index in [-0.39, 0.29) is 18.1 Å². The van der Waals surface area contributed by atoms with E-state index < -0.39 is 22.3 Å². The first-order valence-corrected chi connectivity index (χ1v) is 5.39. The Bertz CT molecular complexity index is 477. The summed E-state index contributed by atoms with van der Waals surface area (Å²) in [5.41, 5.74) is 5.16. The molecule has 0 saturated heterocycles. The highest BCUT2D eigenvalue weighted by Gasteiger charge is 2.39. The molecule has 2 N–H and O–H groups in total. The molecule has 1 atom stereocenters. The number of ether oxygens (including phenoxy) is 1. The van der Waals surface area contributed by atoms with Crippen LogP contribution in [0.25, 0.3) is 0 Å². The summed E-state index contributed by atoms with van der Waals surface area (Å²) in [4.78, 5) is 22.1. The molecule has 19 heavy (non-hydrogen) atoms. The van der Waals surface area contributed by atoms with Gasteiger partial charge in [0.2, 0.25) is 0 Å². The van der Waals surface area contributed by atoms with Crippen LogP contribution in [0.4, 0.5) is 5.69 Å². The number of hydrogen-bond acceptors (Lipinski definition) is 5. The molecule has 6 nitrogen and oxygen atoms in total. The second-order valence-electron chi connectivity index (χ2n) is 4.51. The molecule has 0 unspecified atom stereocenters. The molecule has 0 spiro atoms. The summed E-state index contributed by atoms with van der Waals surface area (Å²) in [6, 6.07) is 5.30. The van der Waals surface area contributed by atoms with E-state index in [4.69, 9.17) is 5.73 Å². The summed E-state index contributed by atoms with van der Waals surface area (Å²) < 4.78 is 4.67. The zero-order valence-electron chi connectivity index (χ0n) is 11.0. The zero-order valence-corrected chi connectivity index (χ0v) is 11.8.